The normalized spacial score (nSPS) is 29.4. The number of rotatable bonds is 2. The Labute approximate surface area is 97.1 Å². The highest BCUT2D eigenvalue weighted by Gasteiger charge is 2.40. The zero-order valence-electron chi connectivity index (χ0n) is 10.1. The van der Waals surface area contributed by atoms with E-state index in [0.717, 1.165) is 25.9 Å². The van der Waals surface area contributed by atoms with Crippen molar-refractivity contribution in [3.8, 4) is 0 Å². The molecule has 4 nitrogen and oxygen atoms in total. The molecule has 0 aromatic carbocycles. The molecule has 0 bridgehead atoms. The number of hydrogen-bond acceptors (Lipinski definition) is 3. The van der Waals surface area contributed by atoms with Gasteiger partial charge in [-0.15, -0.1) is 0 Å². The van der Waals surface area contributed by atoms with Gasteiger partial charge in [0, 0.05) is 26.3 Å². The molecule has 0 aliphatic carbocycles. The van der Waals surface area contributed by atoms with Crippen molar-refractivity contribution < 1.29 is 9.53 Å². The van der Waals surface area contributed by atoms with Gasteiger partial charge in [0.15, 0.2) is 0 Å². The first-order valence-corrected chi connectivity index (χ1v) is 6.32. The summed E-state index contributed by atoms with van der Waals surface area (Å²) in [5.74, 6) is 0.819. The van der Waals surface area contributed by atoms with Crippen molar-refractivity contribution in [2.75, 3.05) is 26.3 Å². The van der Waals surface area contributed by atoms with Gasteiger partial charge in [-0.2, -0.15) is 0 Å². The number of nitrogens with zero attached hydrogens (tertiary/aromatic N) is 1. The Kier molecular flexibility index (Phi) is 3.50. The summed E-state index contributed by atoms with van der Waals surface area (Å²) in [5.41, 5.74) is 5.55. The average molecular weight is 226 g/mol. The molecule has 2 rings (SSSR count). The van der Waals surface area contributed by atoms with E-state index in [1.807, 2.05) is 4.90 Å². The van der Waals surface area contributed by atoms with E-state index in [4.69, 9.17) is 10.5 Å². The third-order valence-electron chi connectivity index (χ3n) is 3.96. The van der Waals surface area contributed by atoms with Crippen LogP contribution in [0.5, 0.6) is 0 Å². The highest BCUT2D eigenvalue weighted by molar-refractivity contribution is 5.86. The lowest BCUT2D eigenvalue weighted by molar-refractivity contribution is -0.139. The molecule has 2 aliphatic heterocycles. The minimum atomic E-state index is -0.652. The summed E-state index contributed by atoms with van der Waals surface area (Å²) >= 11 is 0. The number of amides is 1. The molecule has 0 aromatic heterocycles. The molecule has 92 valence electrons. The predicted molar refractivity (Wildman–Crippen MR) is 61.9 cm³/mol. The van der Waals surface area contributed by atoms with Crippen LogP contribution >= 0.6 is 0 Å². The Morgan fingerprint density at radius 3 is 2.75 bits per heavy atom. The molecule has 0 radical (unpaired) electrons. The molecule has 2 N–H and O–H groups in total. The molecule has 0 spiro atoms. The molecule has 2 heterocycles. The van der Waals surface area contributed by atoms with Crippen molar-refractivity contribution in [1.29, 1.82) is 0 Å². The lowest BCUT2D eigenvalue weighted by Gasteiger charge is -2.35. The van der Waals surface area contributed by atoms with Crippen LogP contribution in [0.2, 0.25) is 0 Å². The van der Waals surface area contributed by atoms with E-state index in [1.54, 1.807) is 0 Å². The summed E-state index contributed by atoms with van der Waals surface area (Å²) in [5, 5.41) is 0. The Morgan fingerprint density at radius 1 is 1.50 bits per heavy atom. The molecule has 4 heteroatoms. The Bertz CT molecular complexity index is 262. The van der Waals surface area contributed by atoms with Gasteiger partial charge < -0.3 is 15.4 Å². The number of likely N-dealkylation sites (tertiary alicyclic amines) is 1. The minimum Gasteiger partial charge on any atom is -0.381 e. The summed E-state index contributed by atoms with van der Waals surface area (Å²) in [4.78, 5) is 14.3. The van der Waals surface area contributed by atoms with Gasteiger partial charge in [-0.3, -0.25) is 4.79 Å². The second-order valence-corrected chi connectivity index (χ2v) is 5.08. The van der Waals surface area contributed by atoms with E-state index < -0.39 is 5.54 Å². The Hall–Kier alpha value is -0.610. The molecule has 2 fully saturated rings. The monoisotopic (exact) mass is 226 g/mol. The van der Waals surface area contributed by atoms with Gasteiger partial charge in [-0.05, 0) is 25.2 Å². The van der Waals surface area contributed by atoms with Crippen LogP contribution < -0.4 is 5.73 Å². The van der Waals surface area contributed by atoms with Crippen molar-refractivity contribution in [1.82, 2.24) is 4.90 Å². The lowest BCUT2D eigenvalue weighted by atomic mass is 9.90. The summed E-state index contributed by atoms with van der Waals surface area (Å²) in [6, 6.07) is 0. The summed E-state index contributed by atoms with van der Waals surface area (Å²) in [7, 11) is 0. The van der Waals surface area contributed by atoms with Crippen molar-refractivity contribution in [3.05, 3.63) is 0 Å². The highest BCUT2D eigenvalue weighted by Crippen LogP contribution is 2.25. The quantitative estimate of drug-likeness (QED) is 0.756. The van der Waals surface area contributed by atoms with Crippen molar-refractivity contribution in [2.24, 2.45) is 11.7 Å². The van der Waals surface area contributed by atoms with Crippen LogP contribution in [0.3, 0.4) is 0 Å². The fourth-order valence-corrected chi connectivity index (χ4v) is 2.61. The van der Waals surface area contributed by atoms with Gasteiger partial charge in [0.05, 0.1) is 5.54 Å². The number of carbonyl (C=O) groups excluding carboxylic acids is 1. The van der Waals surface area contributed by atoms with E-state index in [-0.39, 0.29) is 5.91 Å². The van der Waals surface area contributed by atoms with E-state index in [0.29, 0.717) is 32.0 Å². The SMILES string of the molecule is CCC1CCN(C(=O)C2(N)CCOCC2)C1. The fraction of sp³-hybridized carbons (Fsp3) is 0.917. The summed E-state index contributed by atoms with van der Waals surface area (Å²) in [6.07, 6.45) is 3.62. The third kappa shape index (κ3) is 2.23. The first-order chi connectivity index (χ1) is 7.65. The first kappa shape index (κ1) is 11.9. The van der Waals surface area contributed by atoms with Gasteiger partial charge in [0.1, 0.15) is 0 Å². The topological polar surface area (TPSA) is 55.6 Å². The van der Waals surface area contributed by atoms with E-state index in [9.17, 15) is 4.79 Å². The van der Waals surface area contributed by atoms with Crippen molar-refractivity contribution in [3.63, 3.8) is 0 Å². The van der Waals surface area contributed by atoms with Crippen molar-refractivity contribution >= 4 is 5.91 Å². The van der Waals surface area contributed by atoms with Crippen LogP contribution in [-0.4, -0.2) is 42.6 Å². The number of carbonyl (C=O) groups is 1. The zero-order chi connectivity index (χ0) is 11.6. The molecule has 2 saturated heterocycles. The lowest BCUT2D eigenvalue weighted by Crippen LogP contribution is -2.57. The minimum absolute atomic E-state index is 0.145. The zero-order valence-corrected chi connectivity index (χ0v) is 10.1. The fourth-order valence-electron chi connectivity index (χ4n) is 2.61. The van der Waals surface area contributed by atoms with Crippen LogP contribution in [0.1, 0.15) is 32.6 Å². The van der Waals surface area contributed by atoms with Crippen LogP contribution in [0, 0.1) is 5.92 Å². The first-order valence-electron chi connectivity index (χ1n) is 6.32. The maximum atomic E-state index is 12.3. The molecule has 16 heavy (non-hydrogen) atoms. The van der Waals surface area contributed by atoms with E-state index in [2.05, 4.69) is 6.92 Å². The van der Waals surface area contributed by atoms with E-state index >= 15 is 0 Å². The molecule has 0 saturated carbocycles. The molecule has 0 aromatic rings. The van der Waals surface area contributed by atoms with Crippen LogP contribution in [0.15, 0.2) is 0 Å². The smallest absolute Gasteiger partial charge is 0.242 e. The van der Waals surface area contributed by atoms with Crippen LogP contribution in [-0.2, 0) is 9.53 Å². The van der Waals surface area contributed by atoms with Crippen LogP contribution in [0.4, 0.5) is 0 Å². The van der Waals surface area contributed by atoms with Gasteiger partial charge in [-0.1, -0.05) is 13.3 Å². The molecule has 1 atom stereocenters. The maximum absolute atomic E-state index is 12.3. The second kappa shape index (κ2) is 4.72. The third-order valence-corrected chi connectivity index (χ3v) is 3.96. The van der Waals surface area contributed by atoms with Gasteiger partial charge >= 0.3 is 0 Å². The molecule has 1 unspecified atom stereocenters. The Morgan fingerprint density at radius 2 is 2.19 bits per heavy atom. The number of ether oxygens (including phenoxy) is 1. The molecule has 2 aliphatic rings. The number of hydrogen-bond donors (Lipinski definition) is 1. The van der Waals surface area contributed by atoms with E-state index in [1.165, 1.54) is 0 Å². The Balaban J connectivity index is 1.96. The maximum Gasteiger partial charge on any atom is 0.242 e. The van der Waals surface area contributed by atoms with Gasteiger partial charge in [0.2, 0.25) is 5.91 Å². The van der Waals surface area contributed by atoms with Crippen molar-refractivity contribution in [2.45, 2.75) is 38.1 Å². The second-order valence-electron chi connectivity index (χ2n) is 5.08. The highest BCUT2D eigenvalue weighted by atomic mass is 16.5. The van der Waals surface area contributed by atoms with Gasteiger partial charge in [-0.25, -0.2) is 0 Å². The summed E-state index contributed by atoms with van der Waals surface area (Å²) in [6.45, 7) is 5.21. The number of nitrogens with two attached hydrogens (primary N) is 1. The molecular weight excluding hydrogens is 204 g/mol. The van der Waals surface area contributed by atoms with Crippen LogP contribution in [0.25, 0.3) is 0 Å². The standard InChI is InChI=1S/C12H22N2O2/c1-2-10-3-6-14(9-10)11(15)12(13)4-7-16-8-5-12/h10H,2-9,13H2,1H3. The average Bonchev–Trinajstić information content (AvgIpc) is 2.77. The molecular formula is C12H22N2O2. The largest absolute Gasteiger partial charge is 0.381 e. The van der Waals surface area contributed by atoms with Gasteiger partial charge in [0.25, 0.3) is 0 Å². The molecule has 1 amide bonds. The predicted octanol–water partition coefficient (Wildman–Crippen LogP) is 0.753. The summed E-state index contributed by atoms with van der Waals surface area (Å²) < 4.78 is 5.27.